The van der Waals surface area contributed by atoms with Crippen LogP contribution in [0.5, 0.6) is 0 Å². The van der Waals surface area contributed by atoms with E-state index in [1.54, 1.807) is 4.90 Å². The summed E-state index contributed by atoms with van der Waals surface area (Å²) < 4.78 is 35.4. The van der Waals surface area contributed by atoms with E-state index >= 15 is 4.39 Å². The first-order chi connectivity index (χ1) is 22.3. The number of nitrogens with zero attached hydrogens (tertiary/aromatic N) is 7. The Morgan fingerprint density at radius 2 is 1.54 bits per heavy atom. The fourth-order valence-electron chi connectivity index (χ4n) is 6.45. The molecule has 6 rings (SSSR count). The molecule has 0 bridgehead atoms. The van der Waals surface area contributed by atoms with Crippen LogP contribution in [0.3, 0.4) is 0 Å². The highest BCUT2D eigenvalue weighted by Crippen LogP contribution is 2.46. The van der Waals surface area contributed by atoms with E-state index in [9.17, 15) is 14.0 Å². The van der Waals surface area contributed by atoms with Crippen LogP contribution in [0.2, 0.25) is 0 Å². The van der Waals surface area contributed by atoms with Gasteiger partial charge >= 0.3 is 0 Å². The minimum atomic E-state index is -2.37. The molecule has 3 N–H and O–H groups in total. The van der Waals surface area contributed by atoms with E-state index in [-0.39, 0.29) is 67.5 Å². The smallest absolute Gasteiger partial charge is 0.263 e. The van der Waals surface area contributed by atoms with Gasteiger partial charge in [0.15, 0.2) is 23.1 Å². The number of hydrogen-bond acceptors (Lipinski definition) is 9. The van der Waals surface area contributed by atoms with E-state index in [2.05, 4.69) is 20.4 Å². The first kappa shape index (κ1) is 34.5. The van der Waals surface area contributed by atoms with Crippen LogP contribution in [0.15, 0.2) is 18.6 Å². The van der Waals surface area contributed by atoms with Crippen molar-refractivity contribution in [2.24, 2.45) is 5.92 Å². The molecule has 18 radical (unpaired) electrons. The third-order valence-electron chi connectivity index (χ3n) is 9.15. The number of ether oxygens (including phenoxy) is 1. The summed E-state index contributed by atoms with van der Waals surface area (Å²) in [5.41, 5.74) is 5.03. The van der Waals surface area contributed by atoms with Gasteiger partial charge < -0.3 is 30.5 Å². The van der Waals surface area contributed by atoms with Gasteiger partial charge in [-0.25, -0.2) is 18.3 Å². The van der Waals surface area contributed by atoms with E-state index in [1.807, 2.05) is 0 Å². The molecule has 0 saturated carbocycles. The summed E-state index contributed by atoms with van der Waals surface area (Å²) >= 11 is 0. The summed E-state index contributed by atoms with van der Waals surface area (Å²) in [6, 6.07) is -0.542. The Bertz CT molecular complexity index is 1780. The van der Waals surface area contributed by atoms with E-state index in [4.69, 9.17) is 81.1 Å². The van der Waals surface area contributed by atoms with Crippen molar-refractivity contribution in [2.45, 2.75) is 40.2 Å². The molecule has 0 unspecified atom stereocenters. The van der Waals surface area contributed by atoms with Crippen LogP contribution in [0, 0.1) is 17.6 Å². The van der Waals surface area contributed by atoms with Gasteiger partial charge in [0, 0.05) is 24.6 Å². The van der Waals surface area contributed by atoms with Gasteiger partial charge in [0.1, 0.15) is 19.1 Å². The second-order valence-electron chi connectivity index (χ2n) is 12.3. The van der Waals surface area contributed by atoms with Gasteiger partial charge in [0.25, 0.3) is 5.91 Å². The van der Waals surface area contributed by atoms with E-state index in [1.165, 1.54) is 11.1 Å². The molecular formula is C25H20B9F2N9O3. The molecule has 0 spiro atoms. The number of amides is 2. The van der Waals surface area contributed by atoms with Crippen LogP contribution in [-0.4, -0.2) is 166 Å². The quantitative estimate of drug-likeness (QED) is 0.269. The number of carbonyl (C=O) groups excluding carboxylic acids is 2. The Labute approximate surface area is 287 Å². The van der Waals surface area contributed by atoms with Gasteiger partial charge in [-0.1, -0.05) is 0 Å². The second kappa shape index (κ2) is 11.6. The van der Waals surface area contributed by atoms with Gasteiger partial charge in [-0.05, 0) is 34.2 Å². The predicted molar refractivity (Wildman–Crippen MR) is 180 cm³/mol. The molecule has 3 aromatic heterocycles. The Morgan fingerprint density at radius 3 is 2.10 bits per heavy atom. The van der Waals surface area contributed by atoms with E-state index < -0.39 is 62.4 Å². The van der Waals surface area contributed by atoms with Crippen LogP contribution in [0.25, 0.3) is 5.65 Å². The average Bonchev–Trinajstić information content (AvgIpc) is 3.28. The van der Waals surface area contributed by atoms with E-state index in [0.717, 1.165) is 21.8 Å². The maximum atomic E-state index is 15.3. The molecule has 3 fully saturated rings. The zero-order valence-corrected chi connectivity index (χ0v) is 25.5. The lowest BCUT2D eigenvalue weighted by Gasteiger charge is -2.77. The van der Waals surface area contributed by atoms with Crippen LogP contribution in [-0.2, 0) is 9.53 Å². The number of nitrogen functional groups attached to an aromatic ring is 1. The van der Waals surface area contributed by atoms with Crippen LogP contribution >= 0.6 is 0 Å². The molecule has 3 saturated heterocycles. The molecule has 0 aromatic carbocycles. The summed E-state index contributed by atoms with van der Waals surface area (Å²) in [6.45, 7) is 0.452. The van der Waals surface area contributed by atoms with Gasteiger partial charge in [0.2, 0.25) is 5.91 Å². The number of hydrogen-bond donors (Lipinski definition) is 2. The van der Waals surface area contributed by atoms with Gasteiger partial charge in [-0.2, -0.15) is 0 Å². The molecular weight excluding hydrogens is 610 g/mol. The van der Waals surface area contributed by atoms with Gasteiger partial charge in [-0.15, -0.1) is 5.10 Å². The number of aromatic nitrogens is 4. The maximum Gasteiger partial charge on any atom is 0.263 e. The van der Waals surface area contributed by atoms with Crippen LogP contribution < -0.4 is 21.5 Å². The second-order valence-corrected chi connectivity index (χ2v) is 12.3. The zero-order valence-electron chi connectivity index (χ0n) is 25.5. The highest BCUT2D eigenvalue weighted by Gasteiger charge is 2.63. The van der Waals surface area contributed by atoms with Crippen molar-refractivity contribution in [1.82, 2.24) is 29.4 Å². The van der Waals surface area contributed by atoms with Crippen molar-refractivity contribution in [1.29, 1.82) is 0 Å². The lowest BCUT2D eigenvalue weighted by atomic mass is 9.26. The topological polar surface area (TPSA) is 134 Å². The molecule has 0 aliphatic carbocycles. The zero-order chi connectivity index (χ0) is 35.1. The largest absolute Gasteiger partial charge is 0.381 e. The number of carbonyl (C=O) groups is 2. The predicted octanol–water partition coefficient (Wildman–Crippen LogP) is -4.25. The SMILES string of the molecule is [B]c1nc2c(C(=O)Nc3cncc(F)c3N3CCC(C(=O)N4C([B])([B])C([B])([B])N(C5COC5)C([B])([B])C4([B])[B])CC3)c(N)nn2cc1F. The molecule has 12 nitrogen and oxygen atoms in total. The number of pyridine rings is 1. The van der Waals surface area contributed by atoms with E-state index in [0.29, 0.717) is 0 Å². The Kier molecular flexibility index (Phi) is 8.37. The highest BCUT2D eigenvalue weighted by molar-refractivity contribution is 6.61. The summed E-state index contributed by atoms with van der Waals surface area (Å²) in [4.78, 5) is 38.6. The molecule has 3 aromatic rings. The van der Waals surface area contributed by atoms with Crippen LogP contribution in [0.1, 0.15) is 23.2 Å². The first-order valence-corrected chi connectivity index (χ1v) is 14.6. The number of nitrogens with two attached hydrogens (primary N) is 1. The molecule has 3 aliphatic heterocycles. The number of rotatable bonds is 5. The number of anilines is 3. The summed E-state index contributed by atoms with van der Waals surface area (Å²) in [7, 11) is 57.1. The average molecular weight is 630 g/mol. The summed E-state index contributed by atoms with van der Waals surface area (Å²) in [5, 5.41) is -2.71. The van der Waals surface area contributed by atoms with Crippen molar-refractivity contribution >= 4 is 111 Å². The summed E-state index contributed by atoms with van der Waals surface area (Å²) in [5.74, 6) is -4.31. The molecule has 23 heteroatoms. The lowest BCUT2D eigenvalue weighted by Crippen LogP contribution is -2.94. The standard InChI is InChI=1S/C25H20B9F2N9O3/c26-17-13(36)7-43-19(40-17)15(18(37)41-43)20(46)39-14-6-38-5-12(35)16(14)42-3-1-10(2-4-42)21(47)45-24(31,32)22(27,28)44(11-8-48-9-11)23(29,30)25(45,33)34/h5-7,10-11H,1-4,8-9H2,(H2,37,41)(H,39,46). The van der Waals surface area contributed by atoms with Crippen molar-refractivity contribution < 1.29 is 23.1 Å². The third kappa shape index (κ3) is 5.09. The maximum absolute atomic E-state index is 15.3. The molecule has 48 heavy (non-hydrogen) atoms. The molecule has 2 amide bonds. The van der Waals surface area contributed by atoms with Crippen molar-refractivity contribution in [3.05, 3.63) is 35.8 Å². The number of nitrogens with one attached hydrogen (secondary N) is 1. The normalized spacial score (nSPS) is 22.3. The highest BCUT2D eigenvalue weighted by atomic mass is 19.1. The minimum Gasteiger partial charge on any atom is -0.381 e. The Hall–Kier alpha value is -3.33. The minimum absolute atomic E-state index is 0.0287. The molecule has 0 atom stereocenters. The number of halogens is 2. The Morgan fingerprint density at radius 1 is 0.938 bits per heavy atom. The van der Waals surface area contributed by atoms with Crippen LogP contribution in [0.4, 0.5) is 26.0 Å². The van der Waals surface area contributed by atoms with Gasteiger partial charge in [-0.3, -0.25) is 14.6 Å². The lowest BCUT2D eigenvalue weighted by molar-refractivity contribution is -0.159. The van der Waals surface area contributed by atoms with Crippen molar-refractivity contribution in [2.75, 3.05) is 42.3 Å². The first-order valence-electron chi connectivity index (χ1n) is 14.6. The van der Waals surface area contributed by atoms with Crippen molar-refractivity contribution in [3.63, 3.8) is 0 Å². The fourth-order valence-corrected chi connectivity index (χ4v) is 6.45. The summed E-state index contributed by atoms with van der Waals surface area (Å²) in [6.07, 6.45) is 3.31. The number of fused-ring (bicyclic) bond motifs is 1. The molecule has 3 aliphatic rings. The third-order valence-corrected chi connectivity index (χ3v) is 9.15. The fraction of sp³-hybridized carbons (Fsp3) is 0.480. The van der Waals surface area contributed by atoms with Gasteiger partial charge in [0.05, 0.1) is 106 Å². The molecule has 6 heterocycles. The van der Waals surface area contributed by atoms with Crippen molar-refractivity contribution in [3.8, 4) is 0 Å². The molecule has 224 valence electrons. The number of piperazine rings is 1. The monoisotopic (exact) mass is 631 g/mol. The Balaban J connectivity index is 1.23. The number of piperidine rings is 1.